The third kappa shape index (κ3) is 5.53. The molecule has 2 aliphatic rings. The van der Waals surface area contributed by atoms with E-state index in [0.29, 0.717) is 41.9 Å². The van der Waals surface area contributed by atoms with Crippen LogP contribution in [0.25, 0.3) is 0 Å². The lowest BCUT2D eigenvalue weighted by atomic mass is 9.68. The van der Waals surface area contributed by atoms with Crippen molar-refractivity contribution in [3.8, 4) is 0 Å². The monoisotopic (exact) mass is 455 g/mol. The van der Waals surface area contributed by atoms with Crippen molar-refractivity contribution >= 4 is 17.7 Å². The summed E-state index contributed by atoms with van der Waals surface area (Å²) >= 11 is 0. The molecule has 1 aliphatic carbocycles. The summed E-state index contributed by atoms with van der Waals surface area (Å²) in [5.41, 5.74) is 3.47. The molecule has 7 heteroatoms. The predicted octanol–water partition coefficient (Wildman–Crippen LogP) is 4.05. The van der Waals surface area contributed by atoms with E-state index in [4.69, 9.17) is 14.2 Å². The van der Waals surface area contributed by atoms with E-state index in [1.807, 2.05) is 20.8 Å². The van der Waals surface area contributed by atoms with Gasteiger partial charge in [0.1, 0.15) is 6.61 Å². The van der Waals surface area contributed by atoms with Crippen LogP contribution in [0.3, 0.4) is 0 Å². The van der Waals surface area contributed by atoms with Crippen LogP contribution in [0.2, 0.25) is 0 Å². The second-order valence-corrected chi connectivity index (χ2v) is 9.60. The number of allylic oxidation sites excluding steroid dienone is 3. The van der Waals surface area contributed by atoms with Crippen LogP contribution in [0.4, 0.5) is 0 Å². The fraction of sp³-hybridized carbons (Fsp3) is 0.500. The van der Waals surface area contributed by atoms with Crippen molar-refractivity contribution in [1.82, 2.24) is 5.32 Å². The molecular formula is C26H33NO6. The van der Waals surface area contributed by atoms with Gasteiger partial charge in [-0.15, -0.1) is 0 Å². The van der Waals surface area contributed by atoms with E-state index in [2.05, 4.69) is 19.2 Å². The lowest BCUT2D eigenvalue weighted by Crippen LogP contribution is -2.38. The Morgan fingerprint density at radius 1 is 1.09 bits per heavy atom. The van der Waals surface area contributed by atoms with E-state index < -0.39 is 17.9 Å². The number of ether oxygens (including phenoxy) is 3. The van der Waals surface area contributed by atoms with Crippen LogP contribution in [0.15, 0.2) is 46.8 Å². The molecule has 1 aliphatic heterocycles. The first-order chi connectivity index (χ1) is 15.5. The molecule has 1 aromatic rings. The van der Waals surface area contributed by atoms with Crippen LogP contribution in [0.5, 0.6) is 0 Å². The first kappa shape index (κ1) is 24.7. The Balaban J connectivity index is 2.00. The minimum Gasteiger partial charge on any atom is -0.465 e. The molecule has 1 aromatic carbocycles. The molecular weight excluding hydrogens is 422 g/mol. The molecule has 0 amide bonds. The van der Waals surface area contributed by atoms with E-state index in [1.54, 1.807) is 24.3 Å². The predicted molar refractivity (Wildman–Crippen MR) is 123 cm³/mol. The van der Waals surface area contributed by atoms with Crippen molar-refractivity contribution < 1.29 is 28.6 Å². The smallest absolute Gasteiger partial charge is 0.337 e. The molecule has 33 heavy (non-hydrogen) atoms. The summed E-state index contributed by atoms with van der Waals surface area (Å²) in [6, 6.07) is 6.83. The van der Waals surface area contributed by atoms with Crippen molar-refractivity contribution in [3.05, 3.63) is 57.9 Å². The number of carbonyl (C=O) groups excluding carboxylic acids is 3. The van der Waals surface area contributed by atoms with Gasteiger partial charge in [-0.3, -0.25) is 4.79 Å². The Labute approximate surface area is 195 Å². The molecule has 7 nitrogen and oxygen atoms in total. The summed E-state index contributed by atoms with van der Waals surface area (Å²) in [4.78, 5) is 38.4. The van der Waals surface area contributed by atoms with Gasteiger partial charge in [0.15, 0.2) is 5.78 Å². The molecule has 0 aromatic heterocycles. The number of Topliss-reactive ketones (excluding diaryl/α,β-unsaturated/α-hetero) is 1. The average Bonchev–Trinajstić information content (AvgIpc) is 2.74. The van der Waals surface area contributed by atoms with Gasteiger partial charge in [-0.1, -0.05) is 26.0 Å². The number of rotatable bonds is 7. The van der Waals surface area contributed by atoms with Crippen molar-refractivity contribution in [2.75, 3.05) is 20.3 Å². The second-order valence-electron chi connectivity index (χ2n) is 9.60. The number of carbonyl (C=O) groups is 3. The van der Waals surface area contributed by atoms with Crippen molar-refractivity contribution in [1.29, 1.82) is 0 Å². The minimum absolute atomic E-state index is 0.0109. The number of esters is 2. The van der Waals surface area contributed by atoms with Crippen molar-refractivity contribution in [3.63, 3.8) is 0 Å². The number of hydrogen-bond acceptors (Lipinski definition) is 7. The quantitative estimate of drug-likeness (QED) is 0.490. The first-order valence-electron chi connectivity index (χ1n) is 11.2. The Hall–Kier alpha value is -2.93. The van der Waals surface area contributed by atoms with E-state index in [-0.39, 0.29) is 23.9 Å². The van der Waals surface area contributed by atoms with Crippen LogP contribution in [0, 0.1) is 5.41 Å². The van der Waals surface area contributed by atoms with Gasteiger partial charge in [-0.2, -0.15) is 0 Å². The van der Waals surface area contributed by atoms with Gasteiger partial charge >= 0.3 is 11.9 Å². The molecule has 178 valence electrons. The maximum Gasteiger partial charge on any atom is 0.337 e. The maximum atomic E-state index is 13.3. The largest absolute Gasteiger partial charge is 0.465 e. The summed E-state index contributed by atoms with van der Waals surface area (Å²) in [5.74, 6) is -1.50. The van der Waals surface area contributed by atoms with Crippen LogP contribution in [0.1, 0.15) is 69.3 Å². The third-order valence-electron chi connectivity index (χ3n) is 5.89. The fourth-order valence-corrected chi connectivity index (χ4v) is 4.47. The highest BCUT2D eigenvalue weighted by Gasteiger charge is 2.43. The highest BCUT2D eigenvalue weighted by molar-refractivity contribution is 6.04. The standard InChI is InChI=1S/C26H33NO6/c1-15(2)32-11-12-33-25(30)21-16(3)27-19-13-26(4,5)14-20(28)23(19)22(21)17-7-9-18(10-8-17)24(29)31-6/h7-10,15,22,27H,11-14H2,1-6H3. The zero-order chi connectivity index (χ0) is 24.3. The molecule has 1 heterocycles. The normalized spacial score (nSPS) is 19.8. The molecule has 0 bridgehead atoms. The summed E-state index contributed by atoms with van der Waals surface area (Å²) in [5, 5.41) is 3.31. The molecule has 0 fully saturated rings. The SMILES string of the molecule is COC(=O)c1ccc(C2C(C(=O)OCCOC(C)C)=C(C)NC3=C2C(=O)CC(C)(C)C3)cc1. The lowest BCUT2D eigenvalue weighted by Gasteiger charge is -2.39. The fourth-order valence-electron chi connectivity index (χ4n) is 4.47. The Bertz CT molecular complexity index is 1000. The Morgan fingerprint density at radius 3 is 2.36 bits per heavy atom. The number of ketones is 1. The number of benzene rings is 1. The third-order valence-corrected chi connectivity index (χ3v) is 5.89. The van der Waals surface area contributed by atoms with Crippen molar-refractivity contribution in [2.45, 2.75) is 59.5 Å². The molecule has 1 N–H and O–H groups in total. The summed E-state index contributed by atoms with van der Waals surface area (Å²) in [6.07, 6.45) is 1.14. The highest BCUT2D eigenvalue weighted by atomic mass is 16.6. The molecule has 0 saturated heterocycles. The van der Waals surface area contributed by atoms with E-state index in [0.717, 1.165) is 11.3 Å². The van der Waals surface area contributed by atoms with E-state index in [1.165, 1.54) is 7.11 Å². The van der Waals surface area contributed by atoms with Crippen LogP contribution in [-0.2, 0) is 23.8 Å². The number of nitrogens with one attached hydrogen (secondary N) is 1. The highest BCUT2D eigenvalue weighted by Crippen LogP contribution is 2.46. The summed E-state index contributed by atoms with van der Waals surface area (Å²) in [7, 11) is 1.33. The van der Waals surface area contributed by atoms with Gasteiger partial charge in [0, 0.05) is 29.3 Å². The topological polar surface area (TPSA) is 90.9 Å². The van der Waals surface area contributed by atoms with Gasteiger partial charge in [0.2, 0.25) is 0 Å². The van der Waals surface area contributed by atoms with Gasteiger partial charge in [0.25, 0.3) is 0 Å². The number of methoxy groups -OCH3 is 1. The summed E-state index contributed by atoms with van der Waals surface area (Å²) < 4.78 is 15.8. The second kappa shape index (κ2) is 9.91. The molecule has 3 rings (SSSR count). The van der Waals surface area contributed by atoms with Crippen LogP contribution >= 0.6 is 0 Å². The molecule has 0 radical (unpaired) electrons. The summed E-state index contributed by atoms with van der Waals surface area (Å²) in [6.45, 7) is 10.2. The Morgan fingerprint density at radius 2 is 1.76 bits per heavy atom. The van der Waals surface area contributed by atoms with E-state index >= 15 is 0 Å². The molecule has 0 spiro atoms. The molecule has 1 unspecified atom stereocenters. The minimum atomic E-state index is -0.574. The number of dihydropyridines is 1. The van der Waals surface area contributed by atoms with Crippen molar-refractivity contribution in [2.24, 2.45) is 5.41 Å². The van der Waals surface area contributed by atoms with Crippen LogP contribution in [-0.4, -0.2) is 44.1 Å². The van der Waals surface area contributed by atoms with Gasteiger partial charge in [0.05, 0.1) is 31.0 Å². The lowest BCUT2D eigenvalue weighted by molar-refractivity contribution is -0.141. The molecule has 0 saturated carbocycles. The van der Waals surface area contributed by atoms with Crippen LogP contribution < -0.4 is 5.32 Å². The average molecular weight is 456 g/mol. The Kier molecular flexibility index (Phi) is 7.42. The van der Waals surface area contributed by atoms with Gasteiger partial charge < -0.3 is 19.5 Å². The zero-order valence-corrected chi connectivity index (χ0v) is 20.2. The first-order valence-corrected chi connectivity index (χ1v) is 11.2. The van der Waals surface area contributed by atoms with Gasteiger partial charge in [-0.25, -0.2) is 9.59 Å². The molecule has 1 atom stereocenters. The van der Waals surface area contributed by atoms with Gasteiger partial charge in [-0.05, 0) is 50.3 Å². The zero-order valence-electron chi connectivity index (χ0n) is 20.2. The van der Waals surface area contributed by atoms with E-state index in [9.17, 15) is 14.4 Å². The maximum absolute atomic E-state index is 13.3. The number of hydrogen-bond donors (Lipinski definition) is 1.